The number of Topliss-reactive ketones (excluding diaryl/α,β-unsaturated/α-hetero) is 2. The van der Waals surface area contributed by atoms with Gasteiger partial charge in [-0.15, -0.1) is 0 Å². The minimum absolute atomic E-state index is 0.0753. The molecule has 0 aliphatic rings. The van der Waals surface area contributed by atoms with Crippen LogP contribution >= 0.6 is 0 Å². The van der Waals surface area contributed by atoms with Gasteiger partial charge in [0.15, 0.2) is 0 Å². The van der Waals surface area contributed by atoms with Crippen molar-refractivity contribution in [2.75, 3.05) is 0 Å². The van der Waals surface area contributed by atoms with Crippen LogP contribution in [0.25, 0.3) is 0 Å². The van der Waals surface area contributed by atoms with Crippen molar-refractivity contribution < 1.29 is 19.2 Å². The first-order chi connectivity index (χ1) is 8.51. The molecule has 102 valence electrons. The minimum Gasteiger partial charge on any atom is -0.303 e. The number of carbonyl (C=O) groups is 4. The van der Waals surface area contributed by atoms with Crippen LogP contribution in [-0.4, -0.2) is 24.1 Å². The predicted molar refractivity (Wildman–Crippen MR) is 68.1 cm³/mol. The topological polar surface area (TPSA) is 68.3 Å². The summed E-state index contributed by atoms with van der Waals surface area (Å²) in [5.74, 6) is -2.06. The highest BCUT2D eigenvalue weighted by atomic mass is 16.2. The van der Waals surface area contributed by atoms with E-state index in [9.17, 15) is 19.2 Å². The van der Waals surface area contributed by atoms with E-state index in [2.05, 4.69) is 0 Å². The molecule has 0 N–H and O–H groups in total. The molecule has 0 heterocycles. The zero-order valence-corrected chi connectivity index (χ0v) is 11.3. The van der Waals surface area contributed by atoms with Crippen LogP contribution in [0.4, 0.5) is 0 Å². The lowest BCUT2D eigenvalue weighted by Crippen LogP contribution is -2.30. The number of rotatable bonds is 10. The lowest BCUT2D eigenvalue weighted by molar-refractivity contribution is -0.141. The van der Waals surface area contributed by atoms with Gasteiger partial charge in [0.1, 0.15) is 12.6 Å². The average Bonchev–Trinajstić information content (AvgIpc) is 2.39. The summed E-state index contributed by atoms with van der Waals surface area (Å²) in [5, 5.41) is 0. The Labute approximate surface area is 108 Å². The highest BCUT2D eigenvalue weighted by molar-refractivity contribution is 6.38. The smallest absolute Gasteiger partial charge is 0.201 e. The van der Waals surface area contributed by atoms with Crippen molar-refractivity contribution in [2.45, 2.75) is 46.5 Å². The summed E-state index contributed by atoms with van der Waals surface area (Å²) in [6.07, 6.45) is 3.21. The Morgan fingerprint density at radius 1 is 1.06 bits per heavy atom. The Bertz CT molecular complexity index is 309. The Morgan fingerprint density at radius 2 is 1.67 bits per heavy atom. The molecule has 0 spiro atoms. The Kier molecular flexibility index (Phi) is 8.08. The van der Waals surface area contributed by atoms with Crippen LogP contribution in [-0.2, 0) is 19.2 Å². The summed E-state index contributed by atoms with van der Waals surface area (Å²) in [6.45, 7) is 5.29. The van der Waals surface area contributed by atoms with E-state index in [1.165, 1.54) is 0 Å². The lowest BCUT2D eigenvalue weighted by atomic mass is 9.84. The van der Waals surface area contributed by atoms with Gasteiger partial charge in [0.25, 0.3) is 0 Å². The van der Waals surface area contributed by atoms with E-state index in [-0.39, 0.29) is 12.3 Å². The number of carbonyl (C=O) groups excluding carboxylic acids is 4. The van der Waals surface area contributed by atoms with Gasteiger partial charge in [-0.25, -0.2) is 0 Å². The molecular formula is C14H22O4. The number of hydrogen-bond donors (Lipinski definition) is 0. The number of aldehydes is 2. The molecule has 0 aliphatic heterocycles. The van der Waals surface area contributed by atoms with Gasteiger partial charge in [-0.2, -0.15) is 0 Å². The van der Waals surface area contributed by atoms with Crippen molar-refractivity contribution in [2.24, 2.45) is 17.8 Å². The Morgan fingerprint density at radius 3 is 2.06 bits per heavy atom. The Balaban J connectivity index is 4.64. The van der Waals surface area contributed by atoms with Gasteiger partial charge in [-0.3, -0.25) is 9.59 Å². The second-order valence-electron chi connectivity index (χ2n) is 4.68. The summed E-state index contributed by atoms with van der Waals surface area (Å²) < 4.78 is 0. The highest BCUT2D eigenvalue weighted by Crippen LogP contribution is 2.20. The second kappa shape index (κ2) is 8.72. The molecule has 0 aromatic rings. The fourth-order valence-electron chi connectivity index (χ4n) is 1.84. The molecule has 3 unspecified atom stereocenters. The van der Waals surface area contributed by atoms with Crippen molar-refractivity contribution in [3.05, 3.63) is 0 Å². The second-order valence-corrected chi connectivity index (χ2v) is 4.68. The molecule has 3 atom stereocenters. The number of ketones is 2. The first-order valence-electron chi connectivity index (χ1n) is 6.48. The SMILES string of the molecule is CCC(C=O)CC(CC)C(=O)C(=O)C(C)CC=O. The third kappa shape index (κ3) is 4.90. The van der Waals surface area contributed by atoms with Crippen LogP contribution in [0.1, 0.15) is 46.5 Å². The third-order valence-corrected chi connectivity index (χ3v) is 3.31. The zero-order chi connectivity index (χ0) is 14.1. The van der Waals surface area contributed by atoms with Gasteiger partial charge < -0.3 is 9.59 Å². The molecule has 0 radical (unpaired) electrons. The van der Waals surface area contributed by atoms with Gasteiger partial charge >= 0.3 is 0 Å². The van der Waals surface area contributed by atoms with Crippen LogP contribution < -0.4 is 0 Å². The van der Waals surface area contributed by atoms with Crippen molar-refractivity contribution in [3.63, 3.8) is 0 Å². The molecule has 0 rings (SSSR count). The van der Waals surface area contributed by atoms with Gasteiger partial charge in [0.05, 0.1) is 0 Å². The van der Waals surface area contributed by atoms with Crippen LogP contribution in [0, 0.1) is 17.8 Å². The van der Waals surface area contributed by atoms with Gasteiger partial charge in [-0.1, -0.05) is 20.8 Å². The minimum atomic E-state index is -0.555. The van der Waals surface area contributed by atoms with Crippen LogP contribution in [0.5, 0.6) is 0 Å². The van der Waals surface area contributed by atoms with E-state index in [1.54, 1.807) is 6.92 Å². The van der Waals surface area contributed by atoms with E-state index in [1.807, 2.05) is 13.8 Å². The molecule has 4 heteroatoms. The van der Waals surface area contributed by atoms with E-state index >= 15 is 0 Å². The lowest BCUT2D eigenvalue weighted by Gasteiger charge is -2.17. The van der Waals surface area contributed by atoms with E-state index in [4.69, 9.17) is 0 Å². The molecule has 0 fully saturated rings. The normalized spacial score (nSPS) is 15.5. The van der Waals surface area contributed by atoms with Gasteiger partial charge in [0.2, 0.25) is 11.6 Å². The molecule has 0 aromatic heterocycles. The molecule has 0 aromatic carbocycles. The summed E-state index contributed by atoms with van der Waals surface area (Å²) in [7, 11) is 0. The van der Waals surface area contributed by atoms with Crippen LogP contribution in [0.15, 0.2) is 0 Å². The van der Waals surface area contributed by atoms with E-state index in [0.29, 0.717) is 25.5 Å². The Hall–Kier alpha value is -1.32. The molecule has 0 saturated heterocycles. The van der Waals surface area contributed by atoms with Crippen LogP contribution in [0.3, 0.4) is 0 Å². The zero-order valence-electron chi connectivity index (χ0n) is 11.3. The molecule has 0 amide bonds. The highest BCUT2D eigenvalue weighted by Gasteiger charge is 2.28. The quantitative estimate of drug-likeness (QED) is 0.441. The van der Waals surface area contributed by atoms with Crippen molar-refractivity contribution >= 4 is 24.1 Å². The standard InChI is InChI=1S/C14H22O4/c1-4-11(9-16)8-12(5-2)14(18)13(17)10(3)6-7-15/h7,9-12H,4-6,8H2,1-3H3. The maximum atomic E-state index is 12.0. The fourth-order valence-corrected chi connectivity index (χ4v) is 1.84. The predicted octanol–water partition coefficient (Wildman–Crippen LogP) is 1.99. The van der Waals surface area contributed by atoms with Crippen LogP contribution in [0.2, 0.25) is 0 Å². The fraction of sp³-hybridized carbons (Fsp3) is 0.714. The largest absolute Gasteiger partial charge is 0.303 e. The summed E-state index contributed by atoms with van der Waals surface area (Å²) in [4.78, 5) is 44.9. The van der Waals surface area contributed by atoms with Crippen molar-refractivity contribution in [1.82, 2.24) is 0 Å². The molecule has 18 heavy (non-hydrogen) atoms. The first-order valence-corrected chi connectivity index (χ1v) is 6.48. The van der Waals surface area contributed by atoms with Crippen molar-refractivity contribution in [3.8, 4) is 0 Å². The maximum Gasteiger partial charge on any atom is 0.201 e. The van der Waals surface area contributed by atoms with Crippen molar-refractivity contribution in [1.29, 1.82) is 0 Å². The third-order valence-electron chi connectivity index (χ3n) is 3.31. The number of hydrogen-bond acceptors (Lipinski definition) is 4. The van der Waals surface area contributed by atoms with E-state index < -0.39 is 23.4 Å². The molecule has 0 aliphatic carbocycles. The summed E-state index contributed by atoms with van der Waals surface area (Å²) in [5.41, 5.74) is 0. The summed E-state index contributed by atoms with van der Waals surface area (Å²) in [6, 6.07) is 0. The maximum absolute atomic E-state index is 12.0. The molecule has 0 saturated carbocycles. The van der Waals surface area contributed by atoms with Gasteiger partial charge in [-0.05, 0) is 19.3 Å². The molecule has 4 nitrogen and oxygen atoms in total. The molecular weight excluding hydrogens is 232 g/mol. The van der Waals surface area contributed by atoms with Gasteiger partial charge in [0, 0.05) is 24.2 Å². The molecule has 0 bridgehead atoms. The van der Waals surface area contributed by atoms with E-state index in [0.717, 1.165) is 6.29 Å². The average molecular weight is 254 g/mol. The monoisotopic (exact) mass is 254 g/mol. The first kappa shape index (κ1) is 16.7. The summed E-state index contributed by atoms with van der Waals surface area (Å²) >= 11 is 0.